The molecule has 1 aliphatic heterocycles. The maximum absolute atomic E-state index is 12.4. The van der Waals surface area contributed by atoms with Crippen LogP contribution in [0, 0.1) is 0 Å². The molecule has 1 aromatic heterocycles. The minimum atomic E-state index is -0.822. The van der Waals surface area contributed by atoms with Gasteiger partial charge in [0.25, 0.3) is 0 Å². The van der Waals surface area contributed by atoms with E-state index < -0.39 is 18.1 Å². The first kappa shape index (κ1) is 17.9. The maximum atomic E-state index is 12.4. The van der Waals surface area contributed by atoms with E-state index in [-0.39, 0.29) is 19.1 Å². The van der Waals surface area contributed by atoms with E-state index >= 15 is 0 Å². The summed E-state index contributed by atoms with van der Waals surface area (Å²) in [6.45, 7) is 1.65. The topological polar surface area (TPSA) is 78.0 Å². The number of fused-ring (bicyclic) bond motifs is 1. The van der Waals surface area contributed by atoms with Gasteiger partial charge in [0.05, 0.1) is 0 Å². The molecule has 2 atom stereocenters. The van der Waals surface area contributed by atoms with Gasteiger partial charge in [-0.2, -0.15) is 0 Å². The van der Waals surface area contributed by atoms with Crippen LogP contribution in [0.2, 0.25) is 0 Å². The number of hydrogen-bond donors (Lipinski definition) is 0. The fraction of sp³-hybridized carbons (Fsp3) is 0.316. The molecule has 2 heterocycles. The van der Waals surface area contributed by atoms with E-state index in [1.54, 1.807) is 30.5 Å². The summed E-state index contributed by atoms with van der Waals surface area (Å²) in [5, 5.41) is 0. The Morgan fingerprint density at radius 2 is 2.04 bits per heavy atom. The van der Waals surface area contributed by atoms with Crippen LogP contribution in [0.4, 0.5) is 5.82 Å². The molecule has 136 valence electrons. The Labute approximate surface area is 151 Å². The zero-order chi connectivity index (χ0) is 18.5. The quantitative estimate of drug-likeness (QED) is 0.764. The van der Waals surface area contributed by atoms with Crippen molar-refractivity contribution in [1.29, 1.82) is 0 Å². The molecule has 0 bridgehead atoms. The number of benzene rings is 1. The molecule has 1 aromatic carbocycles. The second-order valence-corrected chi connectivity index (χ2v) is 5.84. The van der Waals surface area contributed by atoms with Crippen molar-refractivity contribution >= 4 is 17.7 Å². The highest BCUT2D eigenvalue weighted by molar-refractivity contribution is 5.93. The molecule has 2 aromatic rings. The predicted molar refractivity (Wildman–Crippen MR) is 93.8 cm³/mol. The zero-order valence-corrected chi connectivity index (χ0v) is 14.6. The third kappa shape index (κ3) is 3.67. The van der Waals surface area contributed by atoms with Gasteiger partial charge in [-0.25, -0.2) is 9.78 Å². The van der Waals surface area contributed by atoms with Crippen LogP contribution in [0.3, 0.4) is 0 Å². The summed E-state index contributed by atoms with van der Waals surface area (Å²) in [5.74, 6) is 0.248. The Hall–Kier alpha value is -2.93. The first-order chi connectivity index (χ1) is 12.6. The Bertz CT molecular complexity index is 781. The number of carbonyl (C=O) groups excluding carboxylic acids is 2. The highest BCUT2D eigenvalue weighted by Gasteiger charge is 2.33. The van der Waals surface area contributed by atoms with Gasteiger partial charge in [0, 0.05) is 20.2 Å². The third-order valence-electron chi connectivity index (χ3n) is 4.08. The lowest BCUT2D eigenvalue weighted by Crippen LogP contribution is -2.49. The summed E-state index contributed by atoms with van der Waals surface area (Å²) in [4.78, 5) is 30.2. The fourth-order valence-corrected chi connectivity index (χ4v) is 2.89. The minimum absolute atomic E-state index is 0.0128. The average molecular weight is 356 g/mol. The molecular formula is C19H20N2O5. The molecule has 0 spiro atoms. The number of amides is 1. The largest absolute Gasteiger partial charge is 0.487 e. The molecule has 0 aliphatic carbocycles. The van der Waals surface area contributed by atoms with Crippen molar-refractivity contribution < 1.29 is 23.8 Å². The van der Waals surface area contributed by atoms with E-state index in [0.717, 1.165) is 0 Å². The van der Waals surface area contributed by atoms with Crippen molar-refractivity contribution in [3.8, 4) is 5.75 Å². The average Bonchev–Trinajstić information content (AvgIpc) is 2.67. The standard InChI is InChI=1S/C19H20N2O5/c1-13(22)21-15(11-25-16-9-6-10-20-18(16)21)12-26-19(23)17(24-2)14-7-4-3-5-8-14/h3-10,15,17H,11-12H2,1-2H3/t15-,17-/m1/s1. The number of anilines is 1. The highest BCUT2D eigenvalue weighted by Crippen LogP contribution is 2.31. The van der Waals surface area contributed by atoms with Crippen LogP contribution in [-0.4, -0.2) is 43.2 Å². The summed E-state index contributed by atoms with van der Waals surface area (Å²) in [6.07, 6.45) is 0.764. The van der Waals surface area contributed by atoms with Crippen molar-refractivity contribution in [2.24, 2.45) is 0 Å². The number of aromatic nitrogens is 1. The van der Waals surface area contributed by atoms with Crippen molar-refractivity contribution in [1.82, 2.24) is 4.98 Å². The molecule has 1 aliphatic rings. The SMILES string of the molecule is CO[C@@H](C(=O)OC[C@H]1COc2cccnc2N1C(C)=O)c1ccccc1. The molecule has 26 heavy (non-hydrogen) atoms. The first-order valence-corrected chi connectivity index (χ1v) is 8.23. The van der Waals surface area contributed by atoms with E-state index in [2.05, 4.69) is 4.98 Å². The first-order valence-electron chi connectivity index (χ1n) is 8.23. The lowest BCUT2D eigenvalue weighted by Gasteiger charge is -2.34. The fourth-order valence-electron chi connectivity index (χ4n) is 2.89. The molecule has 1 amide bonds. The Kier molecular flexibility index (Phi) is 5.48. The normalized spacial score (nSPS) is 17.0. The van der Waals surface area contributed by atoms with Gasteiger partial charge in [-0.05, 0) is 17.7 Å². The molecule has 0 unspecified atom stereocenters. The second kappa shape index (κ2) is 7.97. The van der Waals surface area contributed by atoms with Crippen molar-refractivity contribution in [3.05, 3.63) is 54.2 Å². The third-order valence-corrected chi connectivity index (χ3v) is 4.08. The van der Waals surface area contributed by atoms with Gasteiger partial charge in [-0.3, -0.25) is 9.69 Å². The van der Waals surface area contributed by atoms with Crippen LogP contribution in [0.1, 0.15) is 18.6 Å². The van der Waals surface area contributed by atoms with Crippen molar-refractivity contribution in [2.45, 2.75) is 19.1 Å². The van der Waals surface area contributed by atoms with Gasteiger partial charge in [0.15, 0.2) is 17.7 Å². The Morgan fingerprint density at radius 1 is 1.27 bits per heavy atom. The van der Waals surface area contributed by atoms with Gasteiger partial charge in [0.2, 0.25) is 5.91 Å². The maximum Gasteiger partial charge on any atom is 0.339 e. The van der Waals surface area contributed by atoms with Gasteiger partial charge < -0.3 is 14.2 Å². The summed E-state index contributed by atoms with van der Waals surface area (Å²) in [6, 6.07) is 12.1. The number of ether oxygens (including phenoxy) is 3. The van der Waals surface area contributed by atoms with Crippen LogP contribution >= 0.6 is 0 Å². The van der Waals surface area contributed by atoms with Gasteiger partial charge in [-0.15, -0.1) is 0 Å². The lowest BCUT2D eigenvalue weighted by molar-refractivity contribution is -0.157. The molecular weight excluding hydrogens is 336 g/mol. The zero-order valence-electron chi connectivity index (χ0n) is 14.6. The van der Waals surface area contributed by atoms with Crippen molar-refractivity contribution in [2.75, 3.05) is 25.2 Å². The van der Waals surface area contributed by atoms with Crippen LogP contribution in [0.25, 0.3) is 0 Å². The number of methoxy groups -OCH3 is 1. The van der Waals surface area contributed by atoms with Crippen LogP contribution in [0.5, 0.6) is 5.75 Å². The number of rotatable bonds is 5. The van der Waals surface area contributed by atoms with Gasteiger partial charge >= 0.3 is 5.97 Å². The molecule has 7 nitrogen and oxygen atoms in total. The highest BCUT2D eigenvalue weighted by atomic mass is 16.6. The number of pyridine rings is 1. The molecule has 0 saturated carbocycles. The smallest absolute Gasteiger partial charge is 0.339 e. The minimum Gasteiger partial charge on any atom is -0.487 e. The summed E-state index contributed by atoms with van der Waals surface area (Å²) >= 11 is 0. The Balaban J connectivity index is 1.70. The van der Waals surface area contributed by atoms with E-state index in [9.17, 15) is 9.59 Å². The Morgan fingerprint density at radius 3 is 2.73 bits per heavy atom. The molecule has 3 rings (SSSR count). The van der Waals surface area contributed by atoms with E-state index in [1.165, 1.54) is 18.9 Å². The monoisotopic (exact) mass is 356 g/mol. The molecule has 0 fully saturated rings. The lowest BCUT2D eigenvalue weighted by atomic mass is 10.1. The number of esters is 1. The summed E-state index contributed by atoms with van der Waals surface area (Å²) in [7, 11) is 1.45. The van der Waals surface area contributed by atoms with Gasteiger partial charge in [-0.1, -0.05) is 30.3 Å². The van der Waals surface area contributed by atoms with E-state index in [1.807, 2.05) is 18.2 Å². The molecule has 0 N–H and O–H groups in total. The van der Waals surface area contributed by atoms with Crippen molar-refractivity contribution in [3.63, 3.8) is 0 Å². The summed E-state index contributed by atoms with van der Waals surface area (Å²) in [5.41, 5.74) is 0.704. The number of carbonyl (C=O) groups is 2. The van der Waals surface area contributed by atoms with Gasteiger partial charge in [0.1, 0.15) is 19.3 Å². The number of hydrogen-bond acceptors (Lipinski definition) is 6. The number of nitrogens with zero attached hydrogens (tertiary/aromatic N) is 2. The summed E-state index contributed by atoms with van der Waals surface area (Å²) < 4.78 is 16.3. The second-order valence-electron chi connectivity index (χ2n) is 5.84. The van der Waals surface area contributed by atoms with E-state index in [0.29, 0.717) is 17.1 Å². The molecule has 0 radical (unpaired) electrons. The van der Waals surface area contributed by atoms with Crippen LogP contribution in [-0.2, 0) is 19.1 Å². The van der Waals surface area contributed by atoms with Crippen LogP contribution < -0.4 is 9.64 Å². The molecule has 7 heteroatoms. The predicted octanol–water partition coefficient (Wildman–Crippen LogP) is 2.13. The van der Waals surface area contributed by atoms with Crippen LogP contribution in [0.15, 0.2) is 48.7 Å². The van der Waals surface area contributed by atoms with E-state index in [4.69, 9.17) is 14.2 Å². The molecule has 0 saturated heterocycles.